The minimum absolute atomic E-state index is 0.336. The van der Waals surface area contributed by atoms with Crippen molar-refractivity contribution >= 4 is 0 Å². The number of aromatic nitrogens is 2. The van der Waals surface area contributed by atoms with Gasteiger partial charge in [0.2, 0.25) is 0 Å². The zero-order chi connectivity index (χ0) is 14.7. The van der Waals surface area contributed by atoms with E-state index in [0.29, 0.717) is 17.2 Å². The minimum atomic E-state index is -0.336. The van der Waals surface area contributed by atoms with E-state index in [1.165, 1.54) is 16.9 Å². The van der Waals surface area contributed by atoms with Crippen LogP contribution in [0.25, 0.3) is 5.69 Å². The molecule has 0 aliphatic rings. The first-order valence-corrected chi connectivity index (χ1v) is 6.38. The third-order valence-corrected chi connectivity index (χ3v) is 2.95. The Bertz CT molecular complexity index is 738. The number of hydrogen-bond acceptors (Lipinski definition) is 3. The third-order valence-electron chi connectivity index (χ3n) is 2.95. The van der Waals surface area contributed by atoms with Crippen LogP contribution < -0.4 is 9.47 Å². The molecule has 21 heavy (non-hydrogen) atoms. The first-order valence-electron chi connectivity index (χ1n) is 6.38. The van der Waals surface area contributed by atoms with Crippen LogP contribution in [0, 0.1) is 5.82 Å². The molecule has 0 spiro atoms. The number of ether oxygens (including phenoxy) is 2. The molecule has 0 fully saturated rings. The van der Waals surface area contributed by atoms with E-state index in [2.05, 4.69) is 5.10 Å². The summed E-state index contributed by atoms with van der Waals surface area (Å²) in [6.45, 7) is 0. The normalized spacial score (nSPS) is 10.4. The lowest BCUT2D eigenvalue weighted by Crippen LogP contribution is -1.96. The van der Waals surface area contributed by atoms with Crippen molar-refractivity contribution < 1.29 is 13.9 Å². The molecule has 0 unspecified atom stereocenters. The summed E-state index contributed by atoms with van der Waals surface area (Å²) >= 11 is 0. The molecular weight excluding hydrogens is 271 g/mol. The summed E-state index contributed by atoms with van der Waals surface area (Å²) in [5.41, 5.74) is 0.377. The maximum absolute atomic E-state index is 13.7. The summed E-state index contributed by atoms with van der Waals surface area (Å²) in [5.74, 6) is 1.60. The summed E-state index contributed by atoms with van der Waals surface area (Å²) in [4.78, 5) is 0. The zero-order valence-corrected chi connectivity index (χ0v) is 11.4. The predicted molar refractivity (Wildman–Crippen MR) is 76.6 cm³/mol. The van der Waals surface area contributed by atoms with Crippen LogP contribution in [0.4, 0.5) is 4.39 Å². The highest BCUT2D eigenvalue weighted by Crippen LogP contribution is 2.24. The van der Waals surface area contributed by atoms with E-state index in [1.807, 2.05) is 0 Å². The highest BCUT2D eigenvalue weighted by Gasteiger charge is 2.07. The molecule has 5 heteroatoms. The van der Waals surface area contributed by atoms with Crippen LogP contribution in [0.3, 0.4) is 0 Å². The van der Waals surface area contributed by atoms with Crippen LogP contribution in [0.15, 0.2) is 60.9 Å². The Morgan fingerprint density at radius 1 is 0.952 bits per heavy atom. The van der Waals surface area contributed by atoms with E-state index in [1.54, 1.807) is 55.8 Å². The molecule has 0 bridgehead atoms. The summed E-state index contributed by atoms with van der Waals surface area (Å²) in [7, 11) is 1.61. The number of nitrogens with zero attached hydrogens (tertiary/aromatic N) is 2. The maximum Gasteiger partial charge on any atom is 0.165 e. The fourth-order valence-electron chi connectivity index (χ4n) is 1.91. The molecule has 0 aliphatic carbocycles. The number of methoxy groups -OCH3 is 1. The Balaban J connectivity index is 1.80. The fraction of sp³-hybridized carbons (Fsp3) is 0.0625. The molecule has 1 aromatic heterocycles. The average molecular weight is 284 g/mol. The van der Waals surface area contributed by atoms with E-state index in [-0.39, 0.29) is 5.82 Å². The Morgan fingerprint density at radius 3 is 2.38 bits per heavy atom. The van der Waals surface area contributed by atoms with Gasteiger partial charge in [-0.15, -0.1) is 0 Å². The topological polar surface area (TPSA) is 36.3 Å². The van der Waals surface area contributed by atoms with Crippen LogP contribution in [-0.4, -0.2) is 16.9 Å². The van der Waals surface area contributed by atoms with Crippen molar-refractivity contribution in [2.45, 2.75) is 0 Å². The van der Waals surface area contributed by atoms with Gasteiger partial charge in [-0.25, -0.2) is 9.07 Å². The van der Waals surface area contributed by atoms with Gasteiger partial charge in [0.15, 0.2) is 5.75 Å². The van der Waals surface area contributed by atoms with Gasteiger partial charge in [-0.2, -0.15) is 5.10 Å². The van der Waals surface area contributed by atoms with Crippen LogP contribution in [0.5, 0.6) is 17.2 Å². The van der Waals surface area contributed by atoms with Gasteiger partial charge in [-0.05, 0) is 36.4 Å². The van der Waals surface area contributed by atoms with E-state index in [0.717, 1.165) is 5.75 Å². The van der Waals surface area contributed by atoms with E-state index in [4.69, 9.17) is 9.47 Å². The molecule has 0 saturated carbocycles. The van der Waals surface area contributed by atoms with Crippen molar-refractivity contribution in [2.75, 3.05) is 7.11 Å². The molecule has 0 atom stereocenters. The monoisotopic (exact) mass is 284 g/mol. The number of hydrogen-bond donors (Lipinski definition) is 0. The van der Waals surface area contributed by atoms with Crippen LogP contribution in [-0.2, 0) is 0 Å². The fourth-order valence-corrected chi connectivity index (χ4v) is 1.91. The van der Waals surface area contributed by atoms with Gasteiger partial charge >= 0.3 is 0 Å². The summed E-state index contributed by atoms with van der Waals surface area (Å²) in [6.07, 6.45) is 3.17. The minimum Gasteiger partial charge on any atom is -0.497 e. The summed E-state index contributed by atoms with van der Waals surface area (Å²) in [6, 6.07) is 13.6. The molecular formula is C16H13FN2O2. The first kappa shape index (κ1) is 13.2. The van der Waals surface area contributed by atoms with Gasteiger partial charge in [0.25, 0.3) is 0 Å². The maximum atomic E-state index is 13.7. The molecule has 4 nitrogen and oxygen atoms in total. The lowest BCUT2D eigenvalue weighted by molar-refractivity contribution is 0.413. The molecule has 2 aromatic carbocycles. The highest BCUT2D eigenvalue weighted by atomic mass is 19.1. The average Bonchev–Trinajstić information content (AvgIpc) is 2.97. The SMILES string of the molecule is COc1ccc(Oc2cnn(-c3ccccc3F)c2)cc1. The molecule has 0 amide bonds. The highest BCUT2D eigenvalue weighted by molar-refractivity contribution is 5.37. The zero-order valence-electron chi connectivity index (χ0n) is 11.4. The second-order valence-corrected chi connectivity index (χ2v) is 4.35. The summed E-state index contributed by atoms with van der Waals surface area (Å²) in [5, 5.41) is 4.10. The Hall–Kier alpha value is -2.82. The van der Waals surface area contributed by atoms with Gasteiger partial charge in [0, 0.05) is 0 Å². The van der Waals surface area contributed by atoms with E-state index < -0.39 is 0 Å². The molecule has 1 heterocycles. The van der Waals surface area contributed by atoms with Crippen molar-refractivity contribution in [3.05, 3.63) is 66.7 Å². The quantitative estimate of drug-likeness (QED) is 0.731. The van der Waals surface area contributed by atoms with Crippen molar-refractivity contribution in [1.29, 1.82) is 0 Å². The Morgan fingerprint density at radius 2 is 1.67 bits per heavy atom. The van der Waals surface area contributed by atoms with E-state index >= 15 is 0 Å². The first-order chi connectivity index (χ1) is 10.3. The third kappa shape index (κ3) is 2.86. The van der Waals surface area contributed by atoms with Crippen LogP contribution >= 0.6 is 0 Å². The molecule has 106 valence electrons. The lowest BCUT2D eigenvalue weighted by Gasteiger charge is -2.04. The lowest BCUT2D eigenvalue weighted by atomic mass is 10.3. The number of para-hydroxylation sites is 1. The largest absolute Gasteiger partial charge is 0.497 e. The van der Waals surface area contributed by atoms with Crippen molar-refractivity contribution in [2.24, 2.45) is 0 Å². The molecule has 3 aromatic rings. The van der Waals surface area contributed by atoms with Crippen LogP contribution in [0.2, 0.25) is 0 Å². The second-order valence-electron chi connectivity index (χ2n) is 4.35. The second kappa shape index (κ2) is 5.66. The Kier molecular flexibility index (Phi) is 3.55. The number of rotatable bonds is 4. The Labute approximate surface area is 121 Å². The van der Waals surface area contributed by atoms with Crippen LogP contribution in [0.1, 0.15) is 0 Å². The predicted octanol–water partition coefficient (Wildman–Crippen LogP) is 3.81. The van der Waals surface area contributed by atoms with Gasteiger partial charge in [-0.3, -0.25) is 0 Å². The van der Waals surface area contributed by atoms with Crippen molar-refractivity contribution in [1.82, 2.24) is 9.78 Å². The number of halogens is 1. The summed E-state index contributed by atoms with van der Waals surface area (Å²) < 4.78 is 25.9. The van der Waals surface area contributed by atoms with E-state index in [9.17, 15) is 4.39 Å². The standard InChI is InChI=1S/C16H13FN2O2/c1-20-12-6-8-13(9-7-12)21-14-10-18-19(11-14)16-5-3-2-4-15(16)17/h2-11H,1H3. The smallest absolute Gasteiger partial charge is 0.165 e. The molecule has 3 rings (SSSR count). The van der Waals surface area contributed by atoms with Gasteiger partial charge in [0.05, 0.1) is 19.5 Å². The van der Waals surface area contributed by atoms with Crippen molar-refractivity contribution in [3.8, 4) is 22.9 Å². The van der Waals surface area contributed by atoms with Gasteiger partial charge in [0.1, 0.15) is 23.0 Å². The molecule has 0 aliphatic heterocycles. The van der Waals surface area contributed by atoms with Crippen molar-refractivity contribution in [3.63, 3.8) is 0 Å². The van der Waals surface area contributed by atoms with Gasteiger partial charge < -0.3 is 9.47 Å². The number of benzene rings is 2. The molecule has 0 radical (unpaired) electrons. The molecule has 0 N–H and O–H groups in total. The van der Waals surface area contributed by atoms with Gasteiger partial charge in [-0.1, -0.05) is 12.1 Å². The molecule has 0 saturated heterocycles.